The van der Waals surface area contributed by atoms with Crippen LogP contribution < -0.4 is 5.32 Å². The van der Waals surface area contributed by atoms with Gasteiger partial charge in [0.15, 0.2) is 5.69 Å². The normalized spacial score (nSPS) is 22.1. The van der Waals surface area contributed by atoms with Crippen LogP contribution in [0.2, 0.25) is 0 Å². The summed E-state index contributed by atoms with van der Waals surface area (Å²) in [5.74, 6) is 0.919. The molecule has 2 bridgehead atoms. The Balaban J connectivity index is 0.000000858. The number of hydrogen-bond acceptors (Lipinski definition) is 6. The number of aromatic nitrogens is 1. The third-order valence-electron chi connectivity index (χ3n) is 5.82. The van der Waals surface area contributed by atoms with E-state index in [1.54, 1.807) is 6.07 Å². The predicted octanol–water partition coefficient (Wildman–Crippen LogP) is 2.65. The van der Waals surface area contributed by atoms with Gasteiger partial charge in [-0.3, -0.25) is 14.4 Å². The Labute approximate surface area is 180 Å². The summed E-state index contributed by atoms with van der Waals surface area (Å²) in [4.78, 5) is 40.0. The van der Waals surface area contributed by atoms with Crippen molar-refractivity contribution >= 4 is 18.3 Å². The fraction of sp³-hybridized carbons (Fsp3) is 0.455. The minimum Gasteiger partial charge on any atom is -0.505 e. The van der Waals surface area contributed by atoms with E-state index >= 15 is 0 Å². The third-order valence-corrected chi connectivity index (χ3v) is 5.82. The summed E-state index contributed by atoms with van der Waals surface area (Å²) in [6, 6.07) is 4.99. The highest BCUT2D eigenvalue weighted by molar-refractivity contribution is 5.96. The Morgan fingerprint density at radius 3 is 2.45 bits per heavy atom. The van der Waals surface area contributed by atoms with Gasteiger partial charge in [-0.1, -0.05) is 0 Å². The molecular formula is C22H27N3O6. The van der Waals surface area contributed by atoms with E-state index in [0.717, 1.165) is 25.0 Å². The maximum atomic E-state index is 13.2. The van der Waals surface area contributed by atoms with Crippen molar-refractivity contribution in [2.24, 2.45) is 0 Å². The molecule has 0 radical (unpaired) electrons. The van der Waals surface area contributed by atoms with Crippen molar-refractivity contribution in [1.82, 2.24) is 15.2 Å². The Morgan fingerprint density at radius 2 is 1.90 bits per heavy atom. The van der Waals surface area contributed by atoms with E-state index in [1.807, 2.05) is 24.8 Å². The predicted molar refractivity (Wildman–Crippen MR) is 111 cm³/mol. The topological polar surface area (TPSA) is 133 Å². The van der Waals surface area contributed by atoms with E-state index in [4.69, 9.17) is 14.3 Å². The zero-order chi connectivity index (χ0) is 22.5. The number of nitrogens with one attached hydrogen (secondary N) is 1. The first kappa shape index (κ1) is 22.3. The quantitative estimate of drug-likeness (QED) is 0.639. The summed E-state index contributed by atoms with van der Waals surface area (Å²) in [6.07, 6.45) is 5.84. The molecule has 166 valence electrons. The van der Waals surface area contributed by atoms with E-state index in [0.29, 0.717) is 24.2 Å². The van der Waals surface area contributed by atoms with Crippen LogP contribution in [0.3, 0.4) is 0 Å². The Morgan fingerprint density at radius 1 is 1.26 bits per heavy atom. The van der Waals surface area contributed by atoms with Gasteiger partial charge in [-0.2, -0.15) is 0 Å². The number of pyridine rings is 1. The molecule has 4 rings (SSSR count). The molecule has 0 aliphatic carbocycles. The number of nitrogens with zero attached hydrogens (tertiary/aromatic N) is 2. The lowest BCUT2D eigenvalue weighted by Gasteiger charge is -2.49. The monoisotopic (exact) mass is 429 g/mol. The Bertz CT molecular complexity index is 942. The first-order valence-corrected chi connectivity index (χ1v) is 10.3. The molecule has 2 aliphatic heterocycles. The van der Waals surface area contributed by atoms with Gasteiger partial charge in [-0.25, -0.2) is 4.98 Å². The average molecular weight is 429 g/mol. The van der Waals surface area contributed by atoms with E-state index in [1.165, 1.54) is 12.3 Å². The lowest BCUT2D eigenvalue weighted by Crippen LogP contribution is -2.58. The molecule has 0 saturated carbocycles. The van der Waals surface area contributed by atoms with Crippen LogP contribution in [-0.4, -0.2) is 56.5 Å². The minimum atomic E-state index is -0.373. The van der Waals surface area contributed by atoms with Gasteiger partial charge in [-0.15, -0.1) is 0 Å². The maximum absolute atomic E-state index is 13.2. The average Bonchev–Trinajstić information content (AvgIpc) is 3.05. The number of furan rings is 1. The lowest BCUT2D eigenvalue weighted by atomic mass is 9.81. The molecule has 1 unspecified atom stereocenters. The zero-order valence-corrected chi connectivity index (χ0v) is 17.6. The number of amides is 2. The zero-order valence-electron chi connectivity index (χ0n) is 17.6. The number of fused-ring (bicyclic) bond motifs is 2. The van der Waals surface area contributed by atoms with Gasteiger partial charge in [0, 0.05) is 24.3 Å². The molecule has 2 aromatic rings. The molecule has 0 spiro atoms. The van der Waals surface area contributed by atoms with Gasteiger partial charge < -0.3 is 24.8 Å². The van der Waals surface area contributed by atoms with E-state index in [2.05, 4.69) is 10.3 Å². The van der Waals surface area contributed by atoms with Crippen LogP contribution in [0.4, 0.5) is 0 Å². The van der Waals surface area contributed by atoms with Crippen LogP contribution in [0.15, 0.2) is 28.8 Å². The van der Waals surface area contributed by atoms with Crippen molar-refractivity contribution in [3.63, 3.8) is 0 Å². The van der Waals surface area contributed by atoms with Crippen molar-refractivity contribution in [2.45, 2.75) is 64.1 Å². The second-order valence-corrected chi connectivity index (χ2v) is 7.90. The summed E-state index contributed by atoms with van der Waals surface area (Å²) in [5, 5.41) is 19.7. The lowest BCUT2D eigenvalue weighted by molar-refractivity contribution is -0.122. The van der Waals surface area contributed by atoms with Crippen LogP contribution in [0.1, 0.15) is 64.5 Å². The summed E-state index contributed by atoms with van der Waals surface area (Å²) in [7, 11) is 0. The molecule has 2 aromatic heterocycles. The van der Waals surface area contributed by atoms with Crippen molar-refractivity contribution in [3.05, 3.63) is 47.2 Å². The SMILES string of the molecule is Cc1cc(C(=O)N2[C@@H]3CCC[C@H]2CC(NC(=O)c2ncccc2O)C3)c(C)o1.O=CO. The van der Waals surface area contributed by atoms with Crippen LogP contribution in [0.25, 0.3) is 0 Å². The highest BCUT2D eigenvalue weighted by Gasteiger charge is 2.42. The van der Waals surface area contributed by atoms with Crippen LogP contribution >= 0.6 is 0 Å². The number of rotatable bonds is 3. The van der Waals surface area contributed by atoms with E-state index < -0.39 is 0 Å². The van der Waals surface area contributed by atoms with Gasteiger partial charge in [0.05, 0.1) is 5.56 Å². The number of hydrogen-bond donors (Lipinski definition) is 3. The smallest absolute Gasteiger partial charge is 0.290 e. The van der Waals surface area contributed by atoms with Crippen molar-refractivity contribution < 1.29 is 29.0 Å². The van der Waals surface area contributed by atoms with Crippen molar-refractivity contribution in [2.75, 3.05) is 0 Å². The highest BCUT2D eigenvalue weighted by Crippen LogP contribution is 2.36. The summed E-state index contributed by atoms with van der Waals surface area (Å²) in [5.41, 5.74) is 0.672. The highest BCUT2D eigenvalue weighted by atomic mass is 16.3. The number of aryl methyl sites for hydroxylation is 2. The molecule has 2 aliphatic rings. The van der Waals surface area contributed by atoms with Gasteiger partial charge in [0.2, 0.25) is 0 Å². The molecule has 9 nitrogen and oxygen atoms in total. The molecule has 9 heteroatoms. The summed E-state index contributed by atoms with van der Waals surface area (Å²) >= 11 is 0. The molecule has 31 heavy (non-hydrogen) atoms. The minimum absolute atomic E-state index is 0.0243. The fourth-order valence-electron chi connectivity index (χ4n) is 4.64. The molecule has 4 heterocycles. The van der Waals surface area contributed by atoms with Gasteiger partial charge in [0.25, 0.3) is 18.3 Å². The number of carbonyl (C=O) groups is 3. The first-order chi connectivity index (χ1) is 14.8. The molecule has 3 atom stereocenters. The molecule has 2 amide bonds. The largest absolute Gasteiger partial charge is 0.505 e. The van der Waals surface area contributed by atoms with Crippen LogP contribution in [0, 0.1) is 13.8 Å². The summed E-state index contributed by atoms with van der Waals surface area (Å²) < 4.78 is 5.55. The van der Waals surface area contributed by atoms with Crippen molar-refractivity contribution in [3.8, 4) is 5.75 Å². The number of aromatic hydroxyl groups is 1. The number of piperidine rings is 2. The van der Waals surface area contributed by atoms with Gasteiger partial charge in [-0.05, 0) is 64.2 Å². The standard InChI is InChI=1S/C21H25N3O4.CH2O2/c1-12-9-17(13(2)28-12)21(27)24-15-5-3-6-16(24)11-14(10-15)23-20(26)19-18(25)7-4-8-22-19;2-1-3/h4,7-9,14-16,25H,3,5-6,10-11H2,1-2H3,(H,23,26);1H,(H,2,3)/t14?,15-,16+;. The van der Waals surface area contributed by atoms with Crippen molar-refractivity contribution in [1.29, 1.82) is 0 Å². The molecule has 0 aromatic carbocycles. The fourth-order valence-corrected chi connectivity index (χ4v) is 4.64. The maximum Gasteiger partial charge on any atom is 0.290 e. The van der Waals surface area contributed by atoms with Crippen LogP contribution in [0.5, 0.6) is 5.75 Å². The number of carboxylic acid groups (broad SMARTS) is 1. The molecule has 3 N–H and O–H groups in total. The molecule has 2 saturated heterocycles. The summed E-state index contributed by atoms with van der Waals surface area (Å²) in [6.45, 7) is 3.42. The molecule has 2 fully saturated rings. The van der Waals surface area contributed by atoms with Gasteiger partial charge in [0.1, 0.15) is 17.3 Å². The Kier molecular flexibility index (Phi) is 6.94. The van der Waals surface area contributed by atoms with Gasteiger partial charge >= 0.3 is 0 Å². The van der Waals surface area contributed by atoms with E-state index in [9.17, 15) is 14.7 Å². The first-order valence-electron chi connectivity index (χ1n) is 10.3. The number of carbonyl (C=O) groups excluding carboxylic acids is 2. The van der Waals surface area contributed by atoms with E-state index in [-0.39, 0.29) is 47.9 Å². The second-order valence-electron chi connectivity index (χ2n) is 7.90. The van der Waals surface area contributed by atoms with Crippen LogP contribution in [-0.2, 0) is 4.79 Å². The Hall–Kier alpha value is -3.36. The molecular weight excluding hydrogens is 402 g/mol. The third kappa shape index (κ3) is 4.87. The second kappa shape index (κ2) is 9.63.